The van der Waals surface area contributed by atoms with Crippen molar-refractivity contribution in [2.45, 2.75) is 12.5 Å². The number of carbonyl (C=O) groups is 2. The summed E-state index contributed by atoms with van der Waals surface area (Å²) in [5, 5.41) is 0. The Hall–Kier alpha value is -1.95. The van der Waals surface area contributed by atoms with E-state index in [0.29, 0.717) is 26.3 Å². The van der Waals surface area contributed by atoms with E-state index in [1.54, 1.807) is 29.0 Å². The molecule has 0 aromatic heterocycles. The highest BCUT2D eigenvalue weighted by Gasteiger charge is 2.44. The number of benzene rings is 1. The second kappa shape index (κ2) is 6.04. The van der Waals surface area contributed by atoms with E-state index in [1.807, 2.05) is 0 Å². The first-order valence-electron chi connectivity index (χ1n) is 7.45. The van der Waals surface area contributed by atoms with Crippen LogP contribution in [-0.2, 0) is 14.3 Å². The van der Waals surface area contributed by atoms with E-state index in [2.05, 4.69) is 0 Å². The van der Waals surface area contributed by atoms with Crippen LogP contribution in [0, 0.1) is 11.7 Å². The van der Waals surface area contributed by atoms with Crippen molar-refractivity contribution >= 4 is 11.8 Å². The third-order valence-corrected chi connectivity index (χ3v) is 4.44. The summed E-state index contributed by atoms with van der Waals surface area (Å²) in [6.45, 7) is 2.18. The SMILES string of the molecule is CN1C(=O)C[C@@H](C(=O)N2CCOCC2)[C@@H]1c1ccc(F)cc1. The van der Waals surface area contributed by atoms with Crippen molar-refractivity contribution in [2.24, 2.45) is 5.92 Å². The number of morpholine rings is 1. The lowest BCUT2D eigenvalue weighted by Gasteiger charge is -2.32. The van der Waals surface area contributed by atoms with Gasteiger partial charge in [-0.3, -0.25) is 9.59 Å². The summed E-state index contributed by atoms with van der Waals surface area (Å²) in [6, 6.07) is 5.69. The number of hydrogen-bond donors (Lipinski definition) is 0. The molecule has 2 atom stereocenters. The van der Waals surface area contributed by atoms with E-state index >= 15 is 0 Å². The van der Waals surface area contributed by atoms with Gasteiger partial charge in [-0.25, -0.2) is 4.39 Å². The quantitative estimate of drug-likeness (QED) is 0.825. The molecule has 2 saturated heterocycles. The molecule has 22 heavy (non-hydrogen) atoms. The van der Waals surface area contributed by atoms with Crippen LogP contribution in [0.2, 0.25) is 0 Å². The number of carbonyl (C=O) groups excluding carboxylic acids is 2. The fraction of sp³-hybridized carbons (Fsp3) is 0.500. The van der Waals surface area contributed by atoms with Gasteiger partial charge in [-0.1, -0.05) is 12.1 Å². The molecule has 0 radical (unpaired) electrons. The van der Waals surface area contributed by atoms with Crippen molar-refractivity contribution in [3.8, 4) is 0 Å². The highest BCUT2D eigenvalue weighted by atomic mass is 19.1. The van der Waals surface area contributed by atoms with E-state index in [0.717, 1.165) is 5.56 Å². The molecule has 0 bridgehead atoms. The minimum Gasteiger partial charge on any atom is -0.378 e. The summed E-state index contributed by atoms with van der Waals surface area (Å²) in [6.07, 6.45) is 0.203. The second-order valence-electron chi connectivity index (χ2n) is 5.75. The fourth-order valence-corrected chi connectivity index (χ4v) is 3.23. The molecule has 2 aliphatic heterocycles. The van der Waals surface area contributed by atoms with Crippen LogP contribution in [0.15, 0.2) is 24.3 Å². The molecule has 2 amide bonds. The average Bonchev–Trinajstić information content (AvgIpc) is 2.84. The molecule has 0 unspecified atom stereocenters. The molecule has 118 valence electrons. The predicted octanol–water partition coefficient (Wildman–Crippen LogP) is 1.20. The summed E-state index contributed by atoms with van der Waals surface area (Å²) in [7, 11) is 1.70. The largest absolute Gasteiger partial charge is 0.378 e. The van der Waals surface area contributed by atoms with E-state index in [4.69, 9.17) is 4.74 Å². The number of halogens is 1. The molecule has 0 aliphatic carbocycles. The zero-order valence-corrected chi connectivity index (χ0v) is 12.5. The topological polar surface area (TPSA) is 49.9 Å². The van der Waals surface area contributed by atoms with Gasteiger partial charge >= 0.3 is 0 Å². The third kappa shape index (κ3) is 2.70. The van der Waals surface area contributed by atoms with E-state index < -0.39 is 5.92 Å². The molecule has 5 nitrogen and oxygen atoms in total. The van der Waals surface area contributed by atoms with Crippen molar-refractivity contribution in [3.63, 3.8) is 0 Å². The molecule has 1 aromatic rings. The van der Waals surface area contributed by atoms with Crippen molar-refractivity contribution in [1.82, 2.24) is 9.80 Å². The van der Waals surface area contributed by atoms with Crippen LogP contribution in [0.5, 0.6) is 0 Å². The molecule has 3 rings (SSSR count). The molecule has 6 heteroatoms. The Labute approximate surface area is 128 Å². The molecule has 1 aromatic carbocycles. The van der Waals surface area contributed by atoms with Gasteiger partial charge in [0.2, 0.25) is 11.8 Å². The van der Waals surface area contributed by atoms with Crippen LogP contribution in [0.4, 0.5) is 4.39 Å². The van der Waals surface area contributed by atoms with Crippen LogP contribution in [-0.4, -0.2) is 55.0 Å². The van der Waals surface area contributed by atoms with Crippen molar-refractivity contribution in [1.29, 1.82) is 0 Å². The van der Waals surface area contributed by atoms with Gasteiger partial charge < -0.3 is 14.5 Å². The van der Waals surface area contributed by atoms with Gasteiger partial charge in [0.1, 0.15) is 5.82 Å². The highest BCUT2D eigenvalue weighted by Crippen LogP contribution is 2.38. The number of ether oxygens (including phenoxy) is 1. The Morgan fingerprint density at radius 3 is 2.50 bits per heavy atom. The molecule has 0 saturated carbocycles. The first kappa shape index (κ1) is 15.0. The molecule has 0 N–H and O–H groups in total. The Morgan fingerprint density at radius 1 is 1.23 bits per heavy atom. The summed E-state index contributed by atoms with van der Waals surface area (Å²) in [5.74, 6) is -0.816. The van der Waals surface area contributed by atoms with Crippen LogP contribution in [0.25, 0.3) is 0 Å². The monoisotopic (exact) mass is 306 g/mol. The maximum atomic E-state index is 13.1. The lowest BCUT2D eigenvalue weighted by atomic mass is 9.92. The Bertz CT molecular complexity index is 569. The molecule has 2 heterocycles. The van der Waals surface area contributed by atoms with Gasteiger partial charge in [0.15, 0.2) is 0 Å². The van der Waals surface area contributed by atoms with Crippen molar-refractivity contribution in [3.05, 3.63) is 35.6 Å². The van der Waals surface area contributed by atoms with Gasteiger partial charge in [-0.2, -0.15) is 0 Å². The predicted molar refractivity (Wildman–Crippen MR) is 77.4 cm³/mol. The van der Waals surface area contributed by atoms with Gasteiger partial charge in [-0.05, 0) is 17.7 Å². The van der Waals surface area contributed by atoms with Gasteiger partial charge in [0.05, 0.1) is 25.2 Å². The first-order valence-corrected chi connectivity index (χ1v) is 7.45. The molecular weight excluding hydrogens is 287 g/mol. The lowest BCUT2D eigenvalue weighted by Crippen LogP contribution is -2.44. The molecule has 2 fully saturated rings. The third-order valence-electron chi connectivity index (χ3n) is 4.44. The Balaban J connectivity index is 1.86. The zero-order valence-electron chi connectivity index (χ0n) is 12.5. The highest BCUT2D eigenvalue weighted by molar-refractivity contribution is 5.90. The smallest absolute Gasteiger partial charge is 0.228 e. The maximum absolute atomic E-state index is 13.1. The minimum absolute atomic E-state index is 0.0182. The Kier molecular flexibility index (Phi) is 4.11. The summed E-state index contributed by atoms with van der Waals surface area (Å²) in [4.78, 5) is 28.2. The van der Waals surface area contributed by atoms with Gasteiger partial charge in [0.25, 0.3) is 0 Å². The number of hydrogen-bond acceptors (Lipinski definition) is 3. The average molecular weight is 306 g/mol. The van der Waals surface area contributed by atoms with Crippen LogP contribution in [0.1, 0.15) is 18.0 Å². The fourth-order valence-electron chi connectivity index (χ4n) is 3.23. The second-order valence-corrected chi connectivity index (χ2v) is 5.75. The number of nitrogens with zero attached hydrogens (tertiary/aromatic N) is 2. The van der Waals surface area contributed by atoms with Crippen LogP contribution in [0.3, 0.4) is 0 Å². The zero-order chi connectivity index (χ0) is 15.7. The number of rotatable bonds is 2. The van der Waals surface area contributed by atoms with Crippen molar-refractivity contribution in [2.75, 3.05) is 33.4 Å². The van der Waals surface area contributed by atoms with Crippen molar-refractivity contribution < 1.29 is 18.7 Å². The van der Waals surface area contributed by atoms with E-state index in [1.165, 1.54) is 12.1 Å². The number of likely N-dealkylation sites (tertiary alicyclic amines) is 1. The minimum atomic E-state index is -0.416. The maximum Gasteiger partial charge on any atom is 0.228 e. The molecule has 0 spiro atoms. The summed E-state index contributed by atoms with van der Waals surface area (Å²) >= 11 is 0. The molecular formula is C16H19FN2O3. The Morgan fingerprint density at radius 2 is 1.86 bits per heavy atom. The standard InChI is InChI=1S/C16H19FN2O3/c1-18-14(20)10-13(16(21)19-6-8-22-9-7-19)15(18)11-2-4-12(17)5-3-11/h2-5,13,15H,6-10H2,1H3/t13-,15+/m1/s1. The lowest BCUT2D eigenvalue weighted by molar-refractivity contribution is -0.140. The van der Waals surface area contributed by atoms with E-state index in [-0.39, 0.29) is 30.1 Å². The first-order chi connectivity index (χ1) is 10.6. The summed E-state index contributed by atoms with van der Waals surface area (Å²) < 4.78 is 18.4. The molecule has 2 aliphatic rings. The van der Waals surface area contributed by atoms with Gasteiger partial charge in [0, 0.05) is 26.6 Å². The van der Waals surface area contributed by atoms with Crippen LogP contribution < -0.4 is 0 Å². The van der Waals surface area contributed by atoms with Crippen LogP contribution >= 0.6 is 0 Å². The summed E-state index contributed by atoms with van der Waals surface area (Å²) in [5.41, 5.74) is 0.793. The number of amides is 2. The van der Waals surface area contributed by atoms with E-state index in [9.17, 15) is 14.0 Å². The normalized spacial score (nSPS) is 25.6. The van der Waals surface area contributed by atoms with Gasteiger partial charge in [-0.15, -0.1) is 0 Å².